The maximum atomic E-state index is 6.53. The highest BCUT2D eigenvalue weighted by atomic mass is 16.5. The maximum Gasteiger partial charge on any atom is 0.0711 e. The first-order valence-electron chi connectivity index (χ1n) is 10.9. The molecule has 0 bridgehead atoms. The van der Waals surface area contributed by atoms with E-state index < -0.39 is 0 Å². The minimum Gasteiger partial charge on any atom is -0.377 e. The van der Waals surface area contributed by atoms with Gasteiger partial charge in [0.1, 0.15) is 0 Å². The summed E-state index contributed by atoms with van der Waals surface area (Å²) in [5.74, 6) is 2.75. The molecule has 0 aromatic carbocycles. The number of fused-ring (bicyclic) bond motifs is 2. The standard InChI is InChI=1S/C22H40BNO/c1-16(2)21(5)12-18-10-11-24(17(3)4)22(14-25-15-22)20(18)9-7-6-8-19(23)13-21/h16-20H,6-15H2,1-5H3. The van der Waals surface area contributed by atoms with Crippen LogP contribution in [0.5, 0.6) is 0 Å². The fraction of sp³-hybridized carbons (Fsp3) is 1.00. The van der Waals surface area contributed by atoms with E-state index in [2.05, 4.69) is 39.5 Å². The van der Waals surface area contributed by atoms with E-state index in [1.165, 1.54) is 51.5 Å². The Morgan fingerprint density at radius 1 is 1.00 bits per heavy atom. The number of rotatable bonds is 2. The van der Waals surface area contributed by atoms with Crippen LogP contribution in [0.15, 0.2) is 0 Å². The Hall–Kier alpha value is -0.0151. The van der Waals surface area contributed by atoms with Crippen LogP contribution < -0.4 is 0 Å². The molecule has 2 heterocycles. The first kappa shape index (κ1) is 19.7. The lowest BCUT2D eigenvalue weighted by molar-refractivity contribution is -0.211. The third-order valence-electron chi connectivity index (χ3n) is 8.09. The molecule has 1 spiro atoms. The lowest BCUT2D eigenvalue weighted by atomic mass is 9.57. The van der Waals surface area contributed by atoms with E-state index in [4.69, 9.17) is 12.6 Å². The number of nitrogens with zero attached hydrogens (tertiary/aromatic N) is 1. The largest absolute Gasteiger partial charge is 0.377 e. The monoisotopic (exact) mass is 345 g/mol. The Labute approximate surface area is 157 Å². The van der Waals surface area contributed by atoms with Crippen LogP contribution in [-0.2, 0) is 4.74 Å². The fourth-order valence-corrected chi connectivity index (χ4v) is 6.22. The van der Waals surface area contributed by atoms with Gasteiger partial charge >= 0.3 is 0 Å². The summed E-state index contributed by atoms with van der Waals surface area (Å²) < 4.78 is 5.83. The number of likely N-dealkylation sites (tertiary alicyclic amines) is 1. The number of hydrogen-bond acceptors (Lipinski definition) is 2. The summed E-state index contributed by atoms with van der Waals surface area (Å²) in [5, 5.41) is 0. The molecule has 3 aliphatic rings. The van der Waals surface area contributed by atoms with E-state index in [9.17, 15) is 0 Å². The van der Waals surface area contributed by atoms with Gasteiger partial charge in [-0.1, -0.05) is 52.3 Å². The average molecular weight is 345 g/mol. The molecule has 4 atom stereocenters. The second kappa shape index (κ2) is 7.54. The minimum atomic E-state index is 0.330. The molecule has 3 fully saturated rings. The van der Waals surface area contributed by atoms with E-state index in [1.54, 1.807) is 0 Å². The molecule has 2 radical (unpaired) electrons. The summed E-state index contributed by atoms with van der Waals surface area (Å²) in [4.78, 5) is 2.79. The van der Waals surface area contributed by atoms with Crippen LogP contribution in [0.2, 0.25) is 5.82 Å². The van der Waals surface area contributed by atoms with Gasteiger partial charge in [-0.05, 0) is 62.8 Å². The second-order valence-corrected chi connectivity index (χ2v) is 10.3. The minimum absolute atomic E-state index is 0.330. The van der Waals surface area contributed by atoms with Crippen LogP contribution >= 0.6 is 0 Å². The molecule has 25 heavy (non-hydrogen) atoms. The number of piperidine rings is 1. The summed E-state index contributed by atoms with van der Waals surface area (Å²) in [5.41, 5.74) is 0.710. The van der Waals surface area contributed by atoms with Crippen molar-refractivity contribution in [2.75, 3.05) is 19.8 Å². The Kier molecular flexibility index (Phi) is 5.96. The predicted octanol–water partition coefficient (Wildman–Crippen LogP) is 5.08. The zero-order valence-electron chi connectivity index (χ0n) is 17.4. The van der Waals surface area contributed by atoms with Crippen molar-refractivity contribution in [3.05, 3.63) is 0 Å². The molecule has 0 aromatic heterocycles. The lowest BCUT2D eigenvalue weighted by Crippen LogP contribution is -2.71. The molecule has 4 unspecified atom stereocenters. The second-order valence-electron chi connectivity index (χ2n) is 10.3. The van der Waals surface area contributed by atoms with Gasteiger partial charge in [0.2, 0.25) is 0 Å². The summed E-state index contributed by atoms with van der Waals surface area (Å²) in [7, 11) is 6.53. The van der Waals surface area contributed by atoms with Gasteiger partial charge in [0.25, 0.3) is 0 Å². The lowest BCUT2D eigenvalue weighted by Gasteiger charge is -2.62. The van der Waals surface area contributed by atoms with Gasteiger partial charge in [-0.2, -0.15) is 0 Å². The van der Waals surface area contributed by atoms with E-state index in [0.717, 1.165) is 25.0 Å². The molecule has 2 saturated heterocycles. The third-order valence-corrected chi connectivity index (χ3v) is 8.09. The van der Waals surface area contributed by atoms with Crippen molar-refractivity contribution in [2.45, 2.75) is 97.0 Å². The van der Waals surface area contributed by atoms with Crippen LogP contribution in [0.25, 0.3) is 0 Å². The van der Waals surface area contributed by atoms with Gasteiger partial charge in [-0.15, -0.1) is 0 Å². The molecule has 0 amide bonds. The molecule has 2 nitrogen and oxygen atoms in total. The highest BCUT2D eigenvalue weighted by Gasteiger charge is 2.56. The van der Waals surface area contributed by atoms with Gasteiger partial charge in [0.05, 0.1) is 26.6 Å². The van der Waals surface area contributed by atoms with Crippen molar-refractivity contribution in [2.24, 2.45) is 23.2 Å². The van der Waals surface area contributed by atoms with Gasteiger partial charge in [0, 0.05) is 6.04 Å². The molecular formula is C22H40BNO. The molecule has 3 rings (SSSR count). The van der Waals surface area contributed by atoms with Crippen molar-refractivity contribution >= 4 is 7.85 Å². The smallest absolute Gasteiger partial charge is 0.0711 e. The molecule has 0 aromatic rings. The Morgan fingerprint density at radius 3 is 2.24 bits per heavy atom. The molecule has 0 N–H and O–H groups in total. The Balaban J connectivity index is 1.88. The van der Waals surface area contributed by atoms with Gasteiger partial charge in [-0.3, -0.25) is 4.90 Å². The van der Waals surface area contributed by atoms with Gasteiger partial charge in [-0.25, -0.2) is 0 Å². The number of ether oxygens (including phenoxy) is 1. The summed E-state index contributed by atoms with van der Waals surface area (Å²) in [6.07, 6.45) is 9.15. The summed E-state index contributed by atoms with van der Waals surface area (Å²) >= 11 is 0. The van der Waals surface area contributed by atoms with Crippen LogP contribution in [0.3, 0.4) is 0 Å². The zero-order valence-corrected chi connectivity index (χ0v) is 17.4. The Bertz CT molecular complexity index is 447. The summed E-state index contributed by atoms with van der Waals surface area (Å²) in [6, 6.07) is 0.630. The van der Waals surface area contributed by atoms with Crippen LogP contribution in [0, 0.1) is 23.2 Å². The van der Waals surface area contributed by atoms with Crippen molar-refractivity contribution in [1.29, 1.82) is 0 Å². The van der Waals surface area contributed by atoms with Crippen molar-refractivity contribution < 1.29 is 4.74 Å². The molecular weight excluding hydrogens is 305 g/mol. The van der Waals surface area contributed by atoms with Crippen molar-refractivity contribution in [1.82, 2.24) is 4.90 Å². The van der Waals surface area contributed by atoms with E-state index in [1.807, 2.05) is 0 Å². The SMILES string of the molecule is [B]C1CCCCC2C(CCN(C(C)C)C23COC3)CC(C)(C(C)C)C1. The van der Waals surface area contributed by atoms with Crippen LogP contribution in [0.4, 0.5) is 0 Å². The van der Waals surface area contributed by atoms with Crippen LogP contribution in [0.1, 0.15) is 79.6 Å². The van der Waals surface area contributed by atoms with Gasteiger partial charge in [0.15, 0.2) is 0 Å². The summed E-state index contributed by atoms with van der Waals surface area (Å²) in [6.45, 7) is 15.3. The van der Waals surface area contributed by atoms with Crippen molar-refractivity contribution in [3.63, 3.8) is 0 Å². The van der Waals surface area contributed by atoms with Crippen LogP contribution in [-0.4, -0.2) is 44.1 Å². The zero-order chi connectivity index (χ0) is 18.2. The van der Waals surface area contributed by atoms with E-state index in [-0.39, 0.29) is 0 Å². The average Bonchev–Trinajstić information content (AvgIpc) is 2.49. The number of hydrogen-bond donors (Lipinski definition) is 0. The fourth-order valence-electron chi connectivity index (χ4n) is 6.22. The molecule has 142 valence electrons. The first-order chi connectivity index (χ1) is 11.8. The molecule has 2 aliphatic heterocycles. The molecule has 3 heteroatoms. The quantitative estimate of drug-likeness (QED) is 0.648. The maximum absolute atomic E-state index is 6.53. The topological polar surface area (TPSA) is 12.5 Å². The van der Waals surface area contributed by atoms with Gasteiger partial charge < -0.3 is 4.74 Å². The molecule has 1 saturated carbocycles. The molecule has 1 aliphatic carbocycles. The predicted molar refractivity (Wildman–Crippen MR) is 107 cm³/mol. The van der Waals surface area contributed by atoms with Crippen molar-refractivity contribution in [3.8, 4) is 0 Å². The third kappa shape index (κ3) is 3.70. The highest BCUT2D eigenvalue weighted by molar-refractivity contribution is 6.11. The van der Waals surface area contributed by atoms with E-state index in [0.29, 0.717) is 28.7 Å². The first-order valence-corrected chi connectivity index (χ1v) is 10.9. The van der Waals surface area contributed by atoms with E-state index >= 15 is 0 Å². The highest BCUT2D eigenvalue weighted by Crippen LogP contribution is 2.52. The normalized spacial score (nSPS) is 40.0. The Morgan fingerprint density at radius 2 is 1.68 bits per heavy atom.